The van der Waals surface area contributed by atoms with Crippen LogP contribution in [0.4, 0.5) is 0 Å². The van der Waals surface area contributed by atoms with Crippen LogP contribution in [0.1, 0.15) is 55.5 Å². The highest BCUT2D eigenvalue weighted by Crippen LogP contribution is 2.29. The molecule has 0 saturated carbocycles. The molecule has 5 rings (SSSR count). The predicted molar refractivity (Wildman–Crippen MR) is 149 cm³/mol. The topological polar surface area (TPSA) is 94.3 Å². The van der Waals surface area contributed by atoms with Gasteiger partial charge in [-0.25, -0.2) is 9.89 Å². The van der Waals surface area contributed by atoms with E-state index >= 15 is 0 Å². The van der Waals surface area contributed by atoms with Gasteiger partial charge in [-0.1, -0.05) is 69.2 Å². The number of para-hydroxylation sites is 1. The number of H-pyrrole nitrogens is 1. The van der Waals surface area contributed by atoms with E-state index in [1.807, 2.05) is 21.4 Å². The van der Waals surface area contributed by atoms with E-state index in [1.54, 1.807) is 6.20 Å². The molecule has 0 bridgehead atoms. The monoisotopic (exact) mass is 507 g/mol. The third kappa shape index (κ3) is 5.07. The van der Waals surface area contributed by atoms with Crippen LogP contribution in [-0.4, -0.2) is 34.7 Å². The predicted octanol–water partition coefficient (Wildman–Crippen LogP) is 5.53. The van der Waals surface area contributed by atoms with Gasteiger partial charge in [0.2, 0.25) is 0 Å². The van der Waals surface area contributed by atoms with Gasteiger partial charge < -0.3 is 0 Å². The second kappa shape index (κ2) is 11.4. The van der Waals surface area contributed by atoms with Gasteiger partial charge in [-0.05, 0) is 64.9 Å². The molecule has 0 aliphatic heterocycles. The summed E-state index contributed by atoms with van der Waals surface area (Å²) in [4.78, 5) is 18.1. The summed E-state index contributed by atoms with van der Waals surface area (Å²) >= 11 is 0. The molecule has 0 radical (unpaired) electrons. The Morgan fingerprint density at radius 1 is 0.947 bits per heavy atom. The zero-order valence-electron chi connectivity index (χ0n) is 22.2. The van der Waals surface area contributed by atoms with E-state index in [9.17, 15) is 4.79 Å². The summed E-state index contributed by atoms with van der Waals surface area (Å²) in [6.07, 6.45) is 10.6. The molecule has 5 aromatic rings. The van der Waals surface area contributed by atoms with E-state index in [1.165, 1.54) is 5.56 Å². The summed E-state index contributed by atoms with van der Waals surface area (Å²) in [5.41, 5.74) is 8.34. The Bertz CT molecular complexity index is 1560. The number of hydrogen-bond acceptors (Lipinski definition) is 5. The van der Waals surface area contributed by atoms with Crippen molar-refractivity contribution in [3.05, 3.63) is 100.0 Å². The van der Waals surface area contributed by atoms with E-state index < -0.39 is 0 Å². The number of aromatic nitrogens is 7. The van der Waals surface area contributed by atoms with Gasteiger partial charge in [-0.3, -0.25) is 14.1 Å². The molecule has 0 fully saturated rings. The standard InChI is InChI=1S/C30H33N7O/c1-4-6-11-25-20-37(28-21(3)9-7-10-24(28)8-5-2)30(38)36(25)19-22-12-14-23(15-13-22)27-18-31-17-16-26(27)29-32-34-35-33-29/h7,9-10,12-18,20H,4-6,8,11,19H2,1-3H3,(H,32,33,34,35). The van der Waals surface area contributed by atoms with Crippen LogP contribution in [-0.2, 0) is 19.4 Å². The van der Waals surface area contributed by atoms with Gasteiger partial charge in [0.1, 0.15) is 0 Å². The minimum atomic E-state index is 0.0131. The van der Waals surface area contributed by atoms with Crippen molar-refractivity contribution < 1.29 is 0 Å². The first-order valence-corrected chi connectivity index (χ1v) is 13.3. The fourth-order valence-electron chi connectivity index (χ4n) is 5.03. The number of benzene rings is 2. The minimum Gasteiger partial charge on any atom is -0.292 e. The zero-order valence-corrected chi connectivity index (χ0v) is 22.2. The van der Waals surface area contributed by atoms with Crippen molar-refractivity contribution in [3.8, 4) is 28.2 Å². The van der Waals surface area contributed by atoms with Crippen molar-refractivity contribution in [2.24, 2.45) is 0 Å². The van der Waals surface area contributed by atoms with E-state index in [2.05, 4.69) is 95.0 Å². The number of aromatic amines is 1. The smallest absolute Gasteiger partial charge is 0.292 e. The number of nitrogens with zero attached hydrogens (tertiary/aromatic N) is 6. The first-order chi connectivity index (χ1) is 18.6. The molecular weight excluding hydrogens is 474 g/mol. The number of nitrogens with one attached hydrogen (secondary N) is 1. The van der Waals surface area contributed by atoms with Crippen molar-refractivity contribution in [2.45, 2.75) is 59.4 Å². The van der Waals surface area contributed by atoms with Crippen LogP contribution >= 0.6 is 0 Å². The molecular formula is C30H33N7O. The Hall–Kier alpha value is -4.33. The molecule has 8 heteroatoms. The molecule has 0 aliphatic rings. The summed E-state index contributed by atoms with van der Waals surface area (Å²) < 4.78 is 3.80. The van der Waals surface area contributed by atoms with Gasteiger partial charge in [-0.15, -0.1) is 5.10 Å². The summed E-state index contributed by atoms with van der Waals surface area (Å²) in [6, 6.07) is 16.5. The number of imidazole rings is 1. The third-order valence-corrected chi connectivity index (χ3v) is 6.96. The maximum Gasteiger partial charge on any atom is 0.333 e. The lowest BCUT2D eigenvalue weighted by Crippen LogP contribution is -2.25. The molecule has 0 aliphatic carbocycles. The first-order valence-electron chi connectivity index (χ1n) is 13.3. The van der Waals surface area contributed by atoms with Crippen LogP contribution in [0, 0.1) is 6.92 Å². The normalized spacial score (nSPS) is 11.2. The number of unbranched alkanes of at least 4 members (excludes halogenated alkanes) is 1. The molecule has 2 aromatic carbocycles. The Morgan fingerprint density at radius 2 is 1.79 bits per heavy atom. The first kappa shape index (κ1) is 25.3. The van der Waals surface area contributed by atoms with Gasteiger partial charge in [0.15, 0.2) is 5.82 Å². The number of aryl methyl sites for hydroxylation is 3. The number of rotatable bonds is 10. The minimum absolute atomic E-state index is 0.0131. The molecule has 3 heterocycles. The van der Waals surface area contributed by atoms with Crippen molar-refractivity contribution in [2.75, 3.05) is 0 Å². The van der Waals surface area contributed by atoms with E-state index in [-0.39, 0.29) is 5.69 Å². The second-order valence-corrected chi connectivity index (χ2v) is 9.66. The number of pyridine rings is 1. The van der Waals surface area contributed by atoms with Crippen LogP contribution in [0.5, 0.6) is 0 Å². The summed E-state index contributed by atoms with van der Waals surface area (Å²) in [5.74, 6) is 0.596. The van der Waals surface area contributed by atoms with Crippen LogP contribution in [0.15, 0.2) is 71.9 Å². The molecule has 1 N–H and O–H groups in total. The molecule has 0 saturated heterocycles. The Balaban J connectivity index is 1.50. The zero-order chi connectivity index (χ0) is 26.5. The molecule has 194 valence electrons. The second-order valence-electron chi connectivity index (χ2n) is 9.66. The lowest BCUT2D eigenvalue weighted by atomic mass is 10.0. The fraction of sp³-hybridized carbons (Fsp3) is 0.300. The SMILES string of the molecule is CCCCc1cn(-c2c(C)cccc2CCC)c(=O)n1Cc1ccc(-c2cnccc2-c2nnn[nH]2)cc1. The quantitative estimate of drug-likeness (QED) is 0.268. The molecule has 8 nitrogen and oxygen atoms in total. The van der Waals surface area contributed by atoms with Gasteiger partial charge in [-0.2, -0.15) is 0 Å². The van der Waals surface area contributed by atoms with E-state index in [0.29, 0.717) is 12.4 Å². The van der Waals surface area contributed by atoms with E-state index in [0.717, 1.165) is 71.3 Å². The third-order valence-electron chi connectivity index (χ3n) is 6.96. The lowest BCUT2D eigenvalue weighted by Gasteiger charge is -2.12. The van der Waals surface area contributed by atoms with Gasteiger partial charge in [0, 0.05) is 35.4 Å². The molecule has 0 spiro atoms. The molecule has 0 amide bonds. The number of tetrazole rings is 1. The molecule has 0 unspecified atom stereocenters. The fourth-order valence-corrected chi connectivity index (χ4v) is 5.03. The van der Waals surface area contributed by atoms with Crippen LogP contribution in [0.2, 0.25) is 0 Å². The Morgan fingerprint density at radius 3 is 2.53 bits per heavy atom. The van der Waals surface area contributed by atoms with Crippen LogP contribution < -0.4 is 5.69 Å². The van der Waals surface area contributed by atoms with Crippen LogP contribution in [0.25, 0.3) is 28.2 Å². The summed E-state index contributed by atoms with van der Waals surface area (Å²) in [5, 5.41) is 14.3. The van der Waals surface area contributed by atoms with E-state index in [4.69, 9.17) is 0 Å². The average molecular weight is 508 g/mol. The summed E-state index contributed by atoms with van der Waals surface area (Å²) in [6.45, 7) is 6.96. The average Bonchev–Trinajstić information content (AvgIpc) is 3.58. The van der Waals surface area contributed by atoms with Gasteiger partial charge >= 0.3 is 5.69 Å². The Kier molecular flexibility index (Phi) is 7.58. The van der Waals surface area contributed by atoms with Gasteiger partial charge in [0.05, 0.1) is 12.2 Å². The van der Waals surface area contributed by atoms with Gasteiger partial charge in [0.25, 0.3) is 0 Å². The number of hydrogen-bond donors (Lipinski definition) is 1. The maximum atomic E-state index is 13.8. The highest BCUT2D eigenvalue weighted by molar-refractivity contribution is 5.79. The largest absolute Gasteiger partial charge is 0.333 e. The molecule has 38 heavy (non-hydrogen) atoms. The van der Waals surface area contributed by atoms with Crippen molar-refractivity contribution in [3.63, 3.8) is 0 Å². The summed E-state index contributed by atoms with van der Waals surface area (Å²) in [7, 11) is 0. The highest BCUT2D eigenvalue weighted by Gasteiger charge is 2.17. The lowest BCUT2D eigenvalue weighted by molar-refractivity contribution is 0.673. The van der Waals surface area contributed by atoms with Crippen molar-refractivity contribution in [1.82, 2.24) is 34.7 Å². The Labute approximate surface area is 222 Å². The van der Waals surface area contributed by atoms with Crippen molar-refractivity contribution in [1.29, 1.82) is 0 Å². The van der Waals surface area contributed by atoms with Crippen molar-refractivity contribution >= 4 is 0 Å². The van der Waals surface area contributed by atoms with Crippen LogP contribution in [0.3, 0.4) is 0 Å². The highest BCUT2D eigenvalue weighted by atomic mass is 16.1. The maximum absolute atomic E-state index is 13.8. The molecule has 0 atom stereocenters. The molecule has 3 aromatic heterocycles.